The summed E-state index contributed by atoms with van der Waals surface area (Å²) in [6, 6.07) is 19.1. The second-order valence-electron chi connectivity index (χ2n) is 9.08. The van der Waals surface area contributed by atoms with Crippen LogP contribution < -0.4 is 15.4 Å². The van der Waals surface area contributed by atoms with Crippen LogP contribution in [-0.4, -0.2) is 27.7 Å². The minimum absolute atomic E-state index is 0. The van der Waals surface area contributed by atoms with Crippen LogP contribution in [0.15, 0.2) is 72.0 Å². The minimum atomic E-state index is -0.0463. The molecule has 0 bridgehead atoms. The van der Waals surface area contributed by atoms with Crippen molar-refractivity contribution in [1.29, 1.82) is 0 Å². The molecule has 5 rings (SSSR count). The van der Waals surface area contributed by atoms with Gasteiger partial charge in [-0.25, -0.2) is 9.98 Å². The van der Waals surface area contributed by atoms with Crippen LogP contribution in [0.4, 0.5) is 0 Å². The Kier molecular flexibility index (Phi) is 8.13. The molecule has 2 aromatic carbocycles. The molecule has 0 saturated heterocycles. The van der Waals surface area contributed by atoms with E-state index in [2.05, 4.69) is 75.6 Å². The Balaban J connectivity index is 0.00000274. The van der Waals surface area contributed by atoms with E-state index in [1.54, 1.807) is 0 Å². The first-order valence-corrected chi connectivity index (χ1v) is 12.1. The average Bonchev–Trinajstić information content (AvgIpc) is 3.47. The molecule has 1 saturated carbocycles. The molecule has 1 fully saturated rings. The monoisotopic (exact) mass is 571 g/mol. The molecule has 34 heavy (non-hydrogen) atoms. The lowest BCUT2D eigenvalue weighted by atomic mass is 9.86. The topological polar surface area (TPSA) is 63.5 Å². The molecule has 0 radical (unpaired) electrons. The number of nitrogens with one attached hydrogen (secondary N) is 2. The fourth-order valence-electron chi connectivity index (χ4n) is 5.12. The van der Waals surface area contributed by atoms with E-state index in [4.69, 9.17) is 9.73 Å². The Bertz CT molecular complexity index is 1090. The van der Waals surface area contributed by atoms with Gasteiger partial charge in [-0.2, -0.15) is 0 Å². The number of fused-ring (bicyclic) bond motifs is 1. The first kappa shape index (κ1) is 24.6. The third-order valence-corrected chi connectivity index (χ3v) is 6.74. The third-order valence-electron chi connectivity index (χ3n) is 6.74. The maximum absolute atomic E-state index is 6.53. The Morgan fingerprint density at radius 1 is 1.12 bits per heavy atom. The number of nitrogens with zero attached hydrogens (tertiary/aromatic N) is 3. The molecule has 1 atom stereocenters. The summed E-state index contributed by atoms with van der Waals surface area (Å²) in [6.07, 6.45) is 9.59. The van der Waals surface area contributed by atoms with Crippen molar-refractivity contribution in [3.8, 4) is 5.75 Å². The van der Waals surface area contributed by atoms with Crippen LogP contribution in [0.2, 0.25) is 0 Å². The van der Waals surface area contributed by atoms with Crippen molar-refractivity contribution >= 4 is 29.9 Å². The SMILES string of the molecule is CCNC(=NCc1nccn1Cc1ccccc1)NC1CC2(CCCC2)Oc2ccccc21.I. The fraction of sp³-hybridized carbons (Fsp3) is 0.407. The zero-order valence-corrected chi connectivity index (χ0v) is 22.1. The summed E-state index contributed by atoms with van der Waals surface area (Å²) < 4.78 is 8.70. The van der Waals surface area contributed by atoms with Gasteiger partial charge in [0, 0.05) is 37.5 Å². The van der Waals surface area contributed by atoms with Crippen molar-refractivity contribution in [3.63, 3.8) is 0 Å². The smallest absolute Gasteiger partial charge is 0.192 e. The zero-order valence-electron chi connectivity index (χ0n) is 19.7. The van der Waals surface area contributed by atoms with Gasteiger partial charge in [0.2, 0.25) is 0 Å². The van der Waals surface area contributed by atoms with E-state index in [0.29, 0.717) is 6.54 Å². The van der Waals surface area contributed by atoms with Gasteiger partial charge in [-0.05, 0) is 44.2 Å². The maximum atomic E-state index is 6.53. The molecule has 6 nitrogen and oxygen atoms in total. The van der Waals surface area contributed by atoms with Crippen molar-refractivity contribution in [2.24, 2.45) is 4.99 Å². The molecule has 0 amide bonds. The summed E-state index contributed by atoms with van der Waals surface area (Å²) in [4.78, 5) is 9.48. The number of aliphatic imine (C=N–C) groups is 1. The highest BCUT2D eigenvalue weighted by molar-refractivity contribution is 14.0. The van der Waals surface area contributed by atoms with Crippen LogP contribution in [0.1, 0.15) is 62.0 Å². The highest BCUT2D eigenvalue weighted by Gasteiger charge is 2.43. The van der Waals surface area contributed by atoms with Gasteiger partial charge in [0.1, 0.15) is 23.7 Å². The van der Waals surface area contributed by atoms with Crippen LogP contribution in [0.5, 0.6) is 5.75 Å². The number of hydrogen-bond donors (Lipinski definition) is 2. The van der Waals surface area contributed by atoms with Crippen LogP contribution in [0.3, 0.4) is 0 Å². The Labute approximate surface area is 219 Å². The maximum Gasteiger partial charge on any atom is 0.192 e. The summed E-state index contributed by atoms with van der Waals surface area (Å²) >= 11 is 0. The molecule has 1 spiro atoms. The number of para-hydroxylation sites is 1. The first-order valence-electron chi connectivity index (χ1n) is 12.1. The average molecular weight is 572 g/mol. The molecule has 3 aromatic rings. The van der Waals surface area contributed by atoms with Crippen molar-refractivity contribution in [2.75, 3.05) is 6.54 Å². The van der Waals surface area contributed by atoms with E-state index in [0.717, 1.165) is 49.9 Å². The van der Waals surface area contributed by atoms with Crippen LogP contribution in [0.25, 0.3) is 0 Å². The number of aromatic nitrogens is 2. The Morgan fingerprint density at radius 2 is 1.88 bits per heavy atom. The van der Waals surface area contributed by atoms with Crippen LogP contribution in [-0.2, 0) is 13.1 Å². The van der Waals surface area contributed by atoms with E-state index in [-0.39, 0.29) is 35.6 Å². The summed E-state index contributed by atoms with van der Waals surface area (Å²) in [5.74, 6) is 2.79. The molecule has 2 heterocycles. The van der Waals surface area contributed by atoms with Crippen LogP contribution in [0, 0.1) is 0 Å². The van der Waals surface area contributed by atoms with Gasteiger partial charge in [0.05, 0.1) is 6.04 Å². The molecule has 7 heteroatoms. The zero-order chi connectivity index (χ0) is 22.5. The molecule has 2 aliphatic rings. The van der Waals surface area contributed by atoms with Gasteiger partial charge in [-0.3, -0.25) is 0 Å². The van der Waals surface area contributed by atoms with Gasteiger partial charge in [0.15, 0.2) is 5.96 Å². The Hall–Kier alpha value is -2.55. The van der Waals surface area contributed by atoms with Gasteiger partial charge >= 0.3 is 0 Å². The van der Waals surface area contributed by atoms with Crippen LogP contribution >= 0.6 is 24.0 Å². The van der Waals surface area contributed by atoms with E-state index in [9.17, 15) is 0 Å². The second-order valence-corrected chi connectivity index (χ2v) is 9.08. The number of rotatable bonds is 6. The highest BCUT2D eigenvalue weighted by Crippen LogP contribution is 2.46. The highest BCUT2D eigenvalue weighted by atomic mass is 127. The number of halogens is 1. The molecular weight excluding hydrogens is 537 g/mol. The van der Waals surface area contributed by atoms with Gasteiger partial charge in [0.25, 0.3) is 0 Å². The summed E-state index contributed by atoms with van der Waals surface area (Å²) in [5, 5.41) is 7.15. The predicted octanol–water partition coefficient (Wildman–Crippen LogP) is 5.44. The summed E-state index contributed by atoms with van der Waals surface area (Å²) in [6.45, 7) is 4.22. The number of guanidine groups is 1. The molecule has 1 aliphatic carbocycles. The number of hydrogen-bond acceptors (Lipinski definition) is 3. The second kappa shape index (κ2) is 11.3. The molecular formula is C27H34IN5O. The van der Waals surface area contributed by atoms with Gasteiger partial charge in [-0.1, -0.05) is 48.5 Å². The van der Waals surface area contributed by atoms with E-state index >= 15 is 0 Å². The number of imidazole rings is 1. The van der Waals surface area contributed by atoms with E-state index < -0.39 is 0 Å². The quantitative estimate of drug-likeness (QED) is 0.235. The van der Waals surface area contributed by atoms with Gasteiger partial charge in [-0.15, -0.1) is 24.0 Å². The standard InChI is InChI=1S/C27H33N5O.HI/c1-2-28-26(30-19-25-29-16-17-32(25)20-21-10-4-3-5-11-21)31-23-18-27(14-8-9-15-27)33-24-13-7-6-12-22(23)24;/h3-7,10-13,16-17,23H,2,8-9,14-15,18-20H2,1H3,(H2,28,30,31);1H. The van der Waals surface area contributed by atoms with E-state index in [1.165, 1.54) is 24.0 Å². The van der Waals surface area contributed by atoms with Crippen molar-refractivity contribution in [1.82, 2.24) is 20.2 Å². The Morgan fingerprint density at radius 3 is 2.68 bits per heavy atom. The van der Waals surface area contributed by atoms with Crippen molar-refractivity contribution in [2.45, 2.75) is 63.8 Å². The molecule has 2 N–H and O–H groups in total. The lowest BCUT2D eigenvalue weighted by Crippen LogP contribution is -2.46. The number of benzene rings is 2. The first-order chi connectivity index (χ1) is 16.2. The minimum Gasteiger partial charge on any atom is -0.487 e. The van der Waals surface area contributed by atoms with Crippen molar-refractivity contribution in [3.05, 3.63) is 83.9 Å². The lowest BCUT2D eigenvalue weighted by molar-refractivity contribution is 0.0396. The largest absolute Gasteiger partial charge is 0.487 e. The summed E-state index contributed by atoms with van der Waals surface area (Å²) in [7, 11) is 0. The normalized spacial score (nSPS) is 18.6. The molecule has 1 unspecified atom stereocenters. The third kappa shape index (κ3) is 5.56. The molecule has 1 aliphatic heterocycles. The molecule has 180 valence electrons. The van der Waals surface area contributed by atoms with Crippen molar-refractivity contribution < 1.29 is 4.74 Å². The van der Waals surface area contributed by atoms with Gasteiger partial charge < -0.3 is 19.9 Å². The molecule has 1 aromatic heterocycles. The fourth-order valence-corrected chi connectivity index (χ4v) is 5.12. The predicted molar refractivity (Wildman–Crippen MR) is 147 cm³/mol. The summed E-state index contributed by atoms with van der Waals surface area (Å²) in [5.41, 5.74) is 2.42. The number of ether oxygens (including phenoxy) is 1. The lowest BCUT2D eigenvalue weighted by Gasteiger charge is -2.40. The van der Waals surface area contributed by atoms with E-state index in [1.807, 2.05) is 18.5 Å².